The van der Waals surface area contributed by atoms with Crippen LogP contribution in [0.2, 0.25) is 0 Å². The molecular formula is C25H24N4O4. The lowest BCUT2D eigenvalue weighted by molar-refractivity contribution is -0.143. The van der Waals surface area contributed by atoms with E-state index in [1.54, 1.807) is 0 Å². The van der Waals surface area contributed by atoms with E-state index in [9.17, 15) is 14.4 Å². The van der Waals surface area contributed by atoms with Crippen molar-refractivity contribution in [1.82, 2.24) is 15.2 Å². The quantitative estimate of drug-likeness (QED) is 0.521. The van der Waals surface area contributed by atoms with Gasteiger partial charge in [-0.2, -0.15) is 0 Å². The molecular weight excluding hydrogens is 420 g/mol. The molecule has 0 saturated carbocycles. The van der Waals surface area contributed by atoms with E-state index < -0.39 is 17.4 Å². The first-order valence-electron chi connectivity index (χ1n) is 11.1. The monoisotopic (exact) mass is 444 g/mol. The van der Waals surface area contributed by atoms with E-state index >= 15 is 0 Å². The second kappa shape index (κ2) is 7.26. The van der Waals surface area contributed by atoms with Gasteiger partial charge in [0, 0.05) is 41.5 Å². The largest absolute Gasteiger partial charge is 0.383 e. The highest BCUT2D eigenvalue weighted by Crippen LogP contribution is 2.53. The molecule has 0 aliphatic carbocycles. The lowest BCUT2D eigenvalue weighted by Gasteiger charge is -2.29. The SMILES string of the molecule is COCCN1C(=O)[C@@H]2[C@H](Cc3c[nH]c4ccccc34)N[C@@]3(C(=O)Nc4ccccc43)[C@H]2C1=O. The number of ether oxygens (including phenoxy) is 1. The Morgan fingerprint density at radius 2 is 1.82 bits per heavy atom. The van der Waals surface area contributed by atoms with E-state index in [0.717, 1.165) is 22.0 Å². The Bertz CT molecular complexity index is 1300. The van der Waals surface area contributed by atoms with Crippen LogP contribution in [0.3, 0.4) is 0 Å². The summed E-state index contributed by atoms with van der Waals surface area (Å²) >= 11 is 0. The third-order valence-electron chi connectivity index (χ3n) is 7.35. The van der Waals surface area contributed by atoms with Crippen molar-refractivity contribution in [2.45, 2.75) is 18.0 Å². The molecule has 2 fully saturated rings. The van der Waals surface area contributed by atoms with Gasteiger partial charge in [-0.3, -0.25) is 24.6 Å². The summed E-state index contributed by atoms with van der Waals surface area (Å²) in [5.41, 5.74) is 2.18. The van der Waals surface area contributed by atoms with Crippen molar-refractivity contribution < 1.29 is 19.1 Å². The van der Waals surface area contributed by atoms with Gasteiger partial charge in [-0.1, -0.05) is 36.4 Å². The minimum absolute atomic E-state index is 0.181. The van der Waals surface area contributed by atoms with E-state index in [2.05, 4.69) is 15.6 Å². The fraction of sp³-hybridized carbons (Fsp3) is 0.320. The van der Waals surface area contributed by atoms with E-state index in [1.165, 1.54) is 12.0 Å². The molecule has 2 aromatic carbocycles. The number of carbonyl (C=O) groups excluding carboxylic acids is 3. The van der Waals surface area contributed by atoms with Crippen LogP contribution in [0.25, 0.3) is 10.9 Å². The van der Waals surface area contributed by atoms with Gasteiger partial charge >= 0.3 is 0 Å². The molecule has 8 nitrogen and oxygen atoms in total. The topological polar surface area (TPSA) is 104 Å². The third kappa shape index (κ3) is 2.68. The van der Waals surface area contributed by atoms with Gasteiger partial charge in [0.1, 0.15) is 5.54 Å². The van der Waals surface area contributed by atoms with Gasteiger partial charge in [0.2, 0.25) is 17.7 Å². The number of rotatable bonds is 5. The van der Waals surface area contributed by atoms with Crippen LogP contribution in [-0.4, -0.2) is 53.9 Å². The lowest BCUT2D eigenvalue weighted by atomic mass is 9.76. The highest BCUT2D eigenvalue weighted by molar-refractivity contribution is 6.15. The molecule has 0 radical (unpaired) electrons. The summed E-state index contributed by atoms with van der Waals surface area (Å²) in [5.74, 6) is -2.29. The van der Waals surface area contributed by atoms with Crippen molar-refractivity contribution in [1.29, 1.82) is 0 Å². The number of aromatic nitrogens is 1. The molecule has 1 aromatic heterocycles. The van der Waals surface area contributed by atoms with Crippen LogP contribution in [0, 0.1) is 11.8 Å². The molecule has 3 aliphatic heterocycles. The van der Waals surface area contributed by atoms with Crippen molar-refractivity contribution >= 4 is 34.3 Å². The Hall–Kier alpha value is -3.49. The summed E-state index contributed by atoms with van der Waals surface area (Å²) in [7, 11) is 1.54. The predicted molar refractivity (Wildman–Crippen MR) is 121 cm³/mol. The number of nitrogens with one attached hydrogen (secondary N) is 3. The summed E-state index contributed by atoms with van der Waals surface area (Å²) in [4.78, 5) is 45.1. The molecule has 4 heterocycles. The van der Waals surface area contributed by atoms with Gasteiger partial charge in [-0.25, -0.2) is 0 Å². The number of para-hydroxylation sites is 2. The zero-order chi connectivity index (χ0) is 22.7. The number of anilines is 1. The lowest BCUT2D eigenvalue weighted by Crippen LogP contribution is -2.53. The molecule has 2 saturated heterocycles. The predicted octanol–water partition coefficient (Wildman–Crippen LogP) is 1.78. The second-order valence-electron chi connectivity index (χ2n) is 8.95. The summed E-state index contributed by atoms with van der Waals surface area (Å²) < 4.78 is 5.13. The van der Waals surface area contributed by atoms with E-state index in [0.29, 0.717) is 12.1 Å². The van der Waals surface area contributed by atoms with Gasteiger partial charge in [0.15, 0.2) is 0 Å². The van der Waals surface area contributed by atoms with Crippen LogP contribution in [0.15, 0.2) is 54.7 Å². The molecule has 3 aromatic rings. The van der Waals surface area contributed by atoms with Gasteiger partial charge in [0.05, 0.1) is 25.0 Å². The highest BCUT2D eigenvalue weighted by Gasteiger charge is 2.70. The van der Waals surface area contributed by atoms with Crippen LogP contribution in [-0.2, 0) is 31.1 Å². The van der Waals surface area contributed by atoms with Crippen molar-refractivity contribution in [2.24, 2.45) is 11.8 Å². The number of methoxy groups -OCH3 is 1. The number of hydrogen-bond donors (Lipinski definition) is 3. The van der Waals surface area contributed by atoms with Crippen LogP contribution in [0.1, 0.15) is 11.1 Å². The third-order valence-corrected chi connectivity index (χ3v) is 7.35. The Kier molecular flexibility index (Phi) is 4.43. The number of hydrogen-bond acceptors (Lipinski definition) is 5. The average Bonchev–Trinajstić information content (AvgIpc) is 3.53. The van der Waals surface area contributed by atoms with Gasteiger partial charge in [0.25, 0.3) is 0 Å². The molecule has 168 valence electrons. The molecule has 33 heavy (non-hydrogen) atoms. The molecule has 3 N–H and O–H groups in total. The number of likely N-dealkylation sites (tertiary alicyclic amines) is 1. The second-order valence-corrected chi connectivity index (χ2v) is 8.95. The molecule has 0 unspecified atom stereocenters. The number of H-pyrrole nitrogens is 1. The van der Waals surface area contributed by atoms with Gasteiger partial charge in [-0.05, 0) is 24.1 Å². The van der Waals surface area contributed by atoms with Crippen LogP contribution in [0.4, 0.5) is 5.69 Å². The standard InChI is InChI=1S/C25H24N4O4/c1-33-11-10-29-22(30)20-19(12-14-13-26-17-8-4-2-6-15(14)17)28-25(21(20)23(29)31)16-7-3-5-9-18(16)27-24(25)32/h2-9,13,19-21,26,28H,10-12H2,1H3,(H,27,32)/t19-,20+,21+,25+/m0/s1. The molecule has 6 rings (SSSR count). The average molecular weight is 444 g/mol. The number of nitrogens with zero attached hydrogens (tertiary/aromatic N) is 1. The fourth-order valence-corrected chi connectivity index (χ4v) is 5.93. The van der Waals surface area contributed by atoms with Crippen molar-refractivity contribution in [3.8, 4) is 0 Å². The summed E-state index contributed by atoms with van der Waals surface area (Å²) in [6.45, 7) is 0.438. The summed E-state index contributed by atoms with van der Waals surface area (Å²) in [5, 5.41) is 7.49. The van der Waals surface area contributed by atoms with Crippen molar-refractivity contribution in [2.75, 3.05) is 25.6 Å². The zero-order valence-electron chi connectivity index (χ0n) is 18.1. The Labute approximate surface area is 190 Å². The fourth-order valence-electron chi connectivity index (χ4n) is 5.93. The minimum Gasteiger partial charge on any atom is -0.383 e. The molecule has 8 heteroatoms. The van der Waals surface area contributed by atoms with Crippen LogP contribution < -0.4 is 10.6 Å². The summed E-state index contributed by atoms with van der Waals surface area (Å²) in [6.07, 6.45) is 2.46. The maximum Gasteiger partial charge on any atom is 0.250 e. The molecule has 1 spiro atoms. The van der Waals surface area contributed by atoms with Crippen molar-refractivity contribution in [3.05, 3.63) is 65.9 Å². The van der Waals surface area contributed by atoms with E-state index in [1.807, 2.05) is 54.7 Å². The first-order valence-corrected chi connectivity index (χ1v) is 11.1. The van der Waals surface area contributed by atoms with Crippen LogP contribution in [0.5, 0.6) is 0 Å². The first kappa shape index (κ1) is 20.1. The number of aromatic amines is 1. The van der Waals surface area contributed by atoms with Gasteiger partial charge in [-0.15, -0.1) is 0 Å². The highest BCUT2D eigenvalue weighted by atomic mass is 16.5. The van der Waals surface area contributed by atoms with E-state index in [-0.39, 0.29) is 36.9 Å². The number of benzene rings is 2. The number of amides is 3. The molecule has 3 amide bonds. The maximum atomic E-state index is 13.6. The number of imide groups is 1. The maximum absolute atomic E-state index is 13.6. The first-order chi connectivity index (χ1) is 16.1. The number of fused-ring (bicyclic) bond motifs is 5. The van der Waals surface area contributed by atoms with Gasteiger partial charge < -0.3 is 15.0 Å². The Morgan fingerprint density at radius 1 is 1.03 bits per heavy atom. The Balaban J connectivity index is 1.46. The summed E-state index contributed by atoms with van der Waals surface area (Å²) in [6, 6.07) is 15.0. The normalized spacial score (nSPS) is 28.1. The molecule has 3 aliphatic rings. The van der Waals surface area contributed by atoms with E-state index in [4.69, 9.17) is 4.74 Å². The smallest absolute Gasteiger partial charge is 0.250 e. The Morgan fingerprint density at radius 3 is 2.67 bits per heavy atom. The number of carbonyl (C=O) groups is 3. The van der Waals surface area contributed by atoms with Crippen molar-refractivity contribution in [3.63, 3.8) is 0 Å². The zero-order valence-corrected chi connectivity index (χ0v) is 18.1. The molecule has 0 bridgehead atoms. The molecule has 4 atom stereocenters. The van der Waals surface area contributed by atoms with Crippen LogP contribution >= 0.6 is 0 Å². The minimum atomic E-state index is -1.27.